The van der Waals surface area contributed by atoms with Gasteiger partial charge in [0.1, 0.15) is 11.6 Å². The van der Waals surface area contributed by atoms with Crippen LogP contribution in [0.2, 0.25) is 5.02 Å². The van der Waals surface area contributed by atoms with Crippen molar-refractivity contribution in [3.8, 4) is 0 Å². The lowest BCUT2D eigenvalue weighted by Gasteiger charge is -2.28. The molecule has 1 unspecified atom stereocenters. The molecular weight excluding hydrogens is 294 g/mol. The quantitative estimate of drug-likeness (QED) is 0.911. The summed E-state index contributed by atoms with van der Waals surface area (Å²) in [4.78, 5) is 2.01. The molecule has 0 bridgehead atoms. The van der Waals surface area contributed by atoms with Crippen molar-refractivity contribution in [3.05, 3.63) is 70.2 Å². The third-order valence-electron chi connectivity index (χ3n) is 3.42. The molecule has 5 heteroatoms. The van der Waals surface area contributed by atoms with Crippen molar-refractivity contribution in [1.29, 1.82) is 0 Å². The summed E-state index contributed by atoms with van der Waals surface area (Å²) in [6.07, 6.45) is 0. The van der Waals surface area contributed by atoms with Crippen LogP contribution in [0, 0.1) is 11.6 Å². The molecule has 0 aromatic heterocycles. The zero-order valence-corrected chi connectivity index (χ0v) is 12.4. The zero-order valence-electron chi connectivity index (χ0n) is 11.7. The van der Waals surface area contributed by atoms with E-state index in [0.29, 0.717) is 18.1 Å². The van der Waals surface area contributed by atoms with Crippen LogP contribution in [0.15, 0.2) is 42.5 Å². The predicted octanol–water partition coefficient (Wildman–Crippen LogP) is 3.75. The number of hydrogen-bond donors (Lipinski definition) is 1. The van der Waals surface area contributed by atoms with Crippen molar-refractivity contribution in [2.45, 2.75) is 12.6 Å². The third-order valence-corrected chi connectivity index (χ3v) is 3.75. The Bertz CT molecular complexity index is 602. The van der Waals surface area contributed by atoms with E-state index in [9.17, 15) is 8.78 Å². The Balaban J connectivity index is 2.18. The summed E-state index contributed by atoms with van der Waals surface area (Å²) in [6, 6.07) is 10.5. The van der Waals surface area contributed by atoms with Gasteiger partial charge in [-0.15, -0.1) is 0 Å². The van der Waals surface area contributed by atoms with Crippen LogP contribution in [0.5, 0.6) is 0 Å². The van der Waals surface area contributed by atoms with E-state index in [1.165, 1.54) is 24.3 Å². The van der Waals surface area contributed by atoms with Crippen molar-refractivity contribution in [2.24, 2.45) is 5.73 Å². The molecule has 2 rings (SSSR count). The van der Waals surface area contributed by atoms with Gasteiger partial charge in [0, 0.05) is 24.2 Å². The molecule has 112 valence electrons. The van der Waals surface area contributed by atoms with Gasteiger partial charge in [0.2, 0.25) is 0 Å². The fourth-order valence-electron chi connectivity index (χ4n) is 2.30. The lowest BCUT2D eigenvalue weighted by molar-refractivity contribution is 0.241. The van der Waals surface area contributed by atoms with Crippen molar-refractivity contribution in [3.63, 3.8) is 0 Å². The second-order valence-corrected chi connectivity index (χ2v) is 5.37. The topological polar surface area (TPSA) is 29.3 Å². The summed E-state index contributed by atoms with van der Waals surface area (Å²) in [5, 5.41) is 0.358. The Morgan fingerprint density at radius 1 is 1.10 bits per heavy atom. The monoisotopic (exact) mass is 310 g/mol. The molecule has 0 fully saturated rings. The molecule has 0 heterocycles. The minimum Gasteiger partial charge on any atom is -0.329 e. The van der Waals surface area contributed by atoms with Crippen LogP contribution in [-0.2, 0) is 6.54 Å². The van der Waals surface area contributed by atoms with Crippen LogP contribution < -0.4 is 5.73 Å². The van der Waals surface area contributed by atoms with Gasteiger partial charge in [-0.2, -0.15) is 0 Å². The molecule has 0 aliphatic carbocycles. The molecule has 0 radical (unpaired) electrons. The summed E-state index contributed by atoms with van der Waals surface area (Å²) < 4.78 is 26.1. The second-order valence-electron chi connectivity index (χ2n) is 4.96. The van der Waals surface area contributed by atoms with Gasteiger partial charge < -0.3 is 5.73 Å². The molecule has 2 aromatic rings. The number of halogens is 3. The average Bonchev–Trinajstić information content (AvgIpc) is 2.44. The second kappa shape index (κ2) is 6.98. The molecule has 0 aliphatic heterocycles. The number of rotatable bonds is 5. The maximum absolute atomic E-state index is 13.1. The summed E-state index contributed by atoms with van der Waals surface area (Å²) >= 11 is 6.10. The molecule has 21 heavy (non-hydrogen) atoms. The summed E-state index contributed by atoms with van der Waals surface area (Å²) in [5.74, 6) is -0.640. The van der Waals surface area contributed by atoms with E-state index in [1.54, 1.807) is 18.2 Å². The van der Waals surface area contributed by atoms with Gasteiger partial charge in [-0.25, -0.2) is 8.78 Å². The van der Waals surface area contributed by atoms with E-state index < -0.39 is 0 Å². The van der Waals surface area contributed by atoms with Crippen molar-refractivity contribution in [2.75, 3.05) is 13.6 Å². The standard InChI is InChI=1S/C16H17ClF2N2/c1-21(10-11-2-4-12(18)5-3-11)16(9-20)14-7-6-13(19)8-15(14)17/h2-8,16H,9-10,20H2,1H3. The average molecular weight is 311 g/mol. The molecule has 0 saturated carbocycles. The van der Waals surface area contributed by atoms with Crippen LogP contribution in [0.1, 0.15) is 17.2 Å². The van der Waals surface area contributed by atoms with Crippen molar-refractivity contribution < 1.29 is 8.78 Å². The minimum atomic E-state index is -0.374. The van der Waals surface area contributed by atoms with Crippen LogP contribution >= 0.6 is 11.6 Å². The molecule has 2 nitrogen and oxygen atoms in total. The minimum absolute atomic E-state index is 0.136. The summed E-state index contributed by atoms with van der Waals surface area (Å²) in [6.45, 7) is 0.943. The first-order chi connectivity index (χ1) is 10.0. The summed E-state index contributed by atoms with van der Waals surface area (Å²) in [5.41, 5.74) is 7.59. The smallest absolute Gasteiger partial charge is 0.124 e. The maximum atomic E-state index is 13.1. The van der Waals surface area contributed by atoms with Crippen molar-refractivity contribution >= 4 is 11.6 Å². The van der Waals surface area contributed by atoms with Crippen LogP contribution in [0.3, 0.4) is 0 Å². The van der Waals surface area contributed by atoms with E-state index in [0.717, 1.165) is 11.1 Å². The highest BCUT2D eigenvalue weighted by Crippen LogP contribution is 2.27. The van der Waals surface area contributed by atoms with Gasteiger partial charge in [0.15, 0.2) is 0 Å². The maximum Gasteiger partial charge on any atom is 0.124 e. The van der Waals surface area contributed by atoms with E-state index >= 15 is 0 Å². The predicted molar refractivity (Wildman–Crippen MR) is 81.1 cm³/mol. The number of nitrogens with zero attached hydrogens (tertiary/aromatic N) is 1. The van der Waals surface area contributed by atoms with Crippen molar-refractivity contribution in [1.82, 2.24) is 4.90 Å². The highest BCUT2D eigenvalue weighted by Gasteiger charge is 2.18. The van der Waals surface area contributed by atoms with E-state index in [2.05, 4.69) is 0 Å². The fourth-order valence-corrected chi connectivity index (χ4v) is 2.60. The van der Waals surface area contributed by atoms with Crippen LogP contribution in [0.4, 0.5) is 8.78 Å². The molecule has 0 saturated heterocycles. The van der Waals surface area contributed by atoms with E-state index in [-0.39, 0.29) is 17.7 Å². The lowest BCUT2D eigenvalue weighted by atomic mass is 10.0. The van der Waals surface area contributed by atoms with E-state index in [4.69, 9.17) is 17.3 Å². The number of hydrogen-bond acceptors (Lipinski definition) is 2. The molecule has 1 atom stereocenters. The number of likely N-dealkylation sites (N-methyl/N-ethyl adjacent to an activating group) is 1. The summed E-state index contributed by atoms with van der Waals surface area (Å²) in [7, 11) is 1.90. The Morgan fingerprint density at radius 3 is 2.29 bits per heavy atom. The molecule has 0 amide bonds. The fraction of sp³-hybridized carbons (Fsp3) is 0.250. The molecule has 2 N–H and O–H groups in total. The first-order valence-corrected chi connectivity index (χ1v) is 6.98. The zero-order chi connectivity index (χ0) is 15.4. The van der Waals surface area contributed by atoms with Gasteiger partial charge in [0.05, 0.1) is 0 Å². The Labute approximate surface area is 128 Å². The Kier molecular flexibility index (Phi) is 5.28. The van der Waals surface area contributed by atoms with Gasteiger partial charge >= 0.3 is 0 Å². The van der Waals surface area contributed by atoms with Gasteiger partial charge in [-0.05, 0) is 42.4 Å². The molecule has 2 aromatic carbocycles. The Hall–Kier alpha value is -1.49. The first kappa shape index (κ1) is 15.9. The SMILES string of the molecule is CN(Cc1ccc(F)cc1)C(CN)c1ccc(F)cc1Cl. The largest absolute Gasteiger partial charge is 0.329 e. The molecule has 0 aliphatic rings. The van der Waals surface area contributed by atoms with Gasteiger partial charge in [-0.1, -0.05) is 29.8 Å². The van der Waals surface area contributed by atoms with Gasteiger partial charge in [0.25, 0.3) is 0 Å². The number of benzene rings is 2. The lowest BCUT2D eigenvalue weighted by Crippen LogP contribution is -2.30. The Morgan fingerprint density at radius 2 is 1.71 bits per heavy atom. The highest BCUT2D eigenvalue weighted by molar-refractivity contribution is 6.31. The normalized spacial score (nSPS) is 12.7. The highest BCUT2D eigenvalue weighted by atomic mass is 35.5. The third kappa shape index (κ3) is 4.00. The van der Waals surface area contributed by atoms with Crippen LogP contribution in [-0.4, -0.2) is 18.5 Å². The van der Waals surface area contributed by atoms with E-state index in [1.807, 2.05) is 11.9 Å². The molecular formula is C16H17ClF2N2. The number of nitrogens with two attached hydrogens (primary N) is 1. The first-order valence-electron chi connectivity index (χ1n) is 6.61. The van der Waals surface area contributed by atoms with Crippen LogP contribution in [0.25, 0.3) is 0 Å². The van der Waals surface area contributed by atoms with Gasteiger partial charge in [-0.3, -0.25) is 4.90 Å². The molecule has 0 spiro atoms.